The van der Waals surface area contributed by atoms with E-state index in [4.69, 9.17) is 5.11 Å². The van der Waals surface area contributed by atoms with E-state index in [1.54, 1.807) is 29.2 Å². The van der Waals surface area contributed by atoms with Crippen molar-refractivity contribution in [2.45, 2.75) is 6.42 Å². The fourth-order valence-electron chi connectivity index (χ4n) is 2.44. The Labute approximate surface area is 120 Å². The Morgan fingerprint density at radius 2 is 2.10 bits per heavy atom. The predicted octanol–water partition coefficient (Wildman–Crippen LogP) is 0.209. The fraction of sp³-hybridized carbons (Fsp3) is 0.308. The summed E-state index contributed by atoms with van der Waals surface area (Å²) in [7, 11) is 0. The zero-order valence-electron chi connectivity index (χ0n) is 11.1. The Bertz CT molecular complexity index is 670. The number of tetrazole rings is 1. The number of aliphatic carboxylic acids is 1. The molecule has 0 radical (unpaired) electrons. The maximum absolute atomic E-state index is 12.6. The third-order valence-corrected chi connectivity index (χ3v) is 3.55. The van der Waals surface area contributed by atoms with Crippen LogP contribution in [-0.4, -0.2) is 55.2 Å². The molecule has 1 aromatic heterocycles. The summed E-state index contributed by atoms with van der Waals surface area (Å²) >= 11 is 0. The molecule has 2 heterocycles. The van der Waals surface area contributed by atoms with Gasteiger partial charge in [0.25, 0.3) is 5.91 Å². The number of carboxylic acid groups (broad SMARTS) is 1. The molecule has 1 fully saturated rings. The average Bonchev–Trinajstić information content (AvgIpc) is 3.18. The number of carbonyl (C=O) groups excluding carboxylic acids is 1. The number of rotatable bonds is 3. The highest BCUT2D eigenvalue weighted by Gasteiger charge is 2.32. The number of carbonyl (C=O) groups is 2. The SMILES string of the molecule is O=C(O)C1CCN(C(=O)c2ccccc2-n2cnnn2)C1. The van der Waals surface area contributed by atoms with Crippen LogP contribution in [0.4, 0.5) is 0 Å². The highest BCUT2D eigenvalue weighted by atomic mass is 16.4. The lowest BCUT2D eigenvalue weighted by atomic mass is 10.1. The number of carboxylic acids is 1. The Morgan fingerprint density at radius 1 is 1.29 bits per heavy atom. The number of hydrogen-bond donors (Lipinski definition) is 1. The van der Waals surface area contributed by atoms with Gasteiger partial charge in [0.15, 0.2) is 0 Å². The molecule has 1 N–H and O–H groups in total. The summed E-state index contributed by atoms with van der Waals surface area (Å²) in [5.41, 5.74) is 1.03. The average molecular weight is 287 g/mol. The van der Waals surface area contributed by atoms with Crippen LogP contribution < -0.4 is 0 Å². The normalized spacial score (nSPS) is 17.9. The molecule has 108 valence electrons. The summed E-state index contributed by atoms with van der Waals surface area (Å²) in [6.45, 7) is 0.678. The number of para-hydroxylation sites is 1. The van der Waals surface area contributed by atoms with Crippen LogP contribution in [0.25, 0.3) is 5.69 Å². The summed E-state index contributed by atoms with van der Waals surface area (Å²) in [5.74, 6) is -1.56. The molecule has 1 aliphatic rings. The van der Waals surface area contributed by atoms with Crippen LogP contribution in [0.15, 0.2) is 30.6 Å². The fourth-order valence-corrected chi connectivity index (χ4v) is 2.44. The van der Waals surface area contributed by atoms with Crippen LogP contribution in [-0.2, 0) is 4.79 Å². The van der Waals surface area contributed by atoms with Gasteiger partial charge in [0, 0.05) is 13.1 Å². The Morgan fingerprint density at radius 3 is 2.76 bits per heavy atom. The third kappa shape index (κ3) is 2.47. The van der Waals surface area contributed by atoms with Crippen LogP contribution in [0.5, 0.6) is 0 Å². The lowest BCUT2D eigenvalue weighted by molar-refractivity contribution is -0.141. The maximum atomic E-state index is 12.6. The van der Waals surface area contributed by atoms with Crippen molar-refractivity contribution in [3.63, 3.8) is 0 Å². The predicted molar refractivity (Wildman–Crippen MR) is 70.8 cm³/mol. The van der Waals surface area contributed by atoms with E-state index in [9.17, 15) is 9.59 Å². The Balaban J connectivity index is 1.88. The van der Waals surface area contributed by atoms with Gasteiger partial charge in [0.2, 0.25) is 0 Å². The van der Waals surface area contributed by atoms with Gasteiger partial charge in [-0.3, -0.25) is 9.59 Å². The van der Waals surface area contributed by atoms with Crippen LogP contribution in [0.3, 0.4) is 0 Å². The smallest absolute Gasteiger partial charge is 0.308 e. The molecule has 0 aliphatic carbocycles. The van der Waals surface area contributed by atoms with Crippen molar-refractivity contribution < 1.29 is 14.7 Å². The van der Waals surface area contributed by atoms with E-state index in [0.717, 1.165) is 0 Å². The molecule has 2 aromatic rings. The van der Waals surface area contributed by atoms with Crippen molar-refractivity contribution in [1.29, 1.82) is 0 Å². The van der Waals surface area contributed by atoms with E-state index in [0.29, 0.717) is 24.2 Å². The van der Waals surface area contributed by atoms with Crippen molar-refractivity contribution in [1.82, 2.24) is 25.1 Å². The molecular weight excluding hydrogens is 274 g/mol. The second-order valence-electron chi connectivity index (χ2n) is 4.85. The molecule has 8 nitrogen and oxygen atoms in total. The molecule has 0 saturated carbocycles. The summed E-state index contributed by atoms with van der Waals surface area (Å²) in [6.07, 6.45) is 1.89. The highest BCUT2D eigenvalue weighted by Crippen LogP contribution is 2.21. The van der Waals surface area contributed by atoms with Crippen LogP contribution in [0.2, 0.25) is 0 Å². The van der Waals surface area contributed by atoms with Crippen molar-refractivity contribution in [2.24, 2.45) is 5.92 Å². The van der Waals surface area contributed by atoms with Gasteiger partial charge in [0.1, 0.15) is 6.33 Å². The minimum atomic E-state index is -0.862. The molecule has 1 atom stereocenters. The molecule has 1 aromatic carbocycles. The second kappa shape index (κ2) is 5.31. The monoisotopic (exact) mass is 287 g/mol. The van der Waals surface area contributed by atoms with E-state index >= 15 is 0 Å². The van der Waals surface area contributed by atoms with Crippen LogP contribution in [0, 0.1) is 5.92 Å². The summed E-state index contributed by atoms with van der Waals surface area (Å²) < 4.78 is 1.41. The number of likely N-dealkylation sites (tertiary alicyclic amines) is 1. The third-order valence-electron chi connectivity index (χ3n) is 3.55. The van der Waals surface area contributed by atoms with Gasteiger partial charge in [-0.25, -0.2) is 0 Å². The van der Waals surface area contributed by atoms with Crippen molar-refractivity contribution in [2.75, 3.05) is 13.1 Å². The Hall–Kier alpha value is -2.77. The van der Waals surface area contributed by atoms with Gasteiger partial charge in [-0.1, -0.05) is 12.1 Å². The topological polar surface area (TPSA) is 101 Å². The molecule has 3 rings (SSSR count). The first-order valence-electron chi connectivity index (χ1n) is 6.51. The highest BCUT2D eigenvalue weighted by molar-refractivity contribution is 5.98. The van der Waals surface area contributed by atoms with Crippen LogP contribution in [0.1, 0.15) is 16.8 Å². The molecule has 1 saturated heterocycles. The number of aromatic nitrogens is 4. The van der Waals surface area contributed by atoms with Crippen LogP contribution >= 0.6 is 0 Å². The van der Waals surface area contributed by atoms with E-state index in [2.05, 4.69) is 15.5 Å². The standard InChI is InChI=1S/C13H13N5O3/c19-12(17-6-5-9(7-17)13(20)21)10-3-1-2-4-11(10)18-8-14-15-16-18/h1-4,8-9H,5-7H2,(H,20,21). The molecule has 0 bridgehead atoms. The first-order valence-corrected chi connectivity index (χ1v) is 6.51. The van der Waals surface area contributed by atoms with Crippen molar-refractivity contribution in [3.05, 3.63) is 36.2 Å². The van der Waals surface area contributed by atoms with E-state index in [1.165, 1.54) is 11.0 Å². The second-order valence-corrected chi connectivity index (χ2v) is 4.85. The Kier molecular flexibility index (Phi) is 3.35. The number of amides is 1. The molecule has 21 heavy (non-hydrogen) atoms. The number of benzene rings is 1. The summed E-state index contributed by atoms with van der Waals surface area (Å²) in [4.78, 5) is 25.1. The molecular formula is C13H13N5O3. The van der Waals surface area contributed by atoms with Gasteiger partial charge in [-0.05, 0) is 29.0 Å². The lowest BCUT2D eigenvalue weighted by Gasteiger charge is -2.17. The van der Waals surface area contributed by atoms with Gasteiger partial charge in [0.05, 0.1) is 17.2 Å². The maximum Gasteiger partial charge on any atom is 0.308 e. The largest absolute Gasteiger partial charge is 0.481 e. The van der Waals surface area contributed by atoms with E-state index < -0.39 is 11.9 Å². The van der Waals surface area contributed by atoms with Gasteiger partial charge in [-0.15, -0.1) is 5.10 Å². The summed E-state index contributed by atoms with van der Waals surface area (Å²) in [5, 5.41) is 19.9. The zero-order chi connectivity index (χ0) is 14.8. The molecule has 1 amide bonds. The zero-order valence-corrected chi connectivity index (χ0v) is 11.1. The molecule has 0 spiro atoms. The van der Waals surface area contributed by atoms with E-state index in [1.807, 2.05) is 0 Å². The van der Waals surface area contributed by atoms with Gasteiger partial charge in [-0.2, -0.15) is 4.68 Å². The molecule has 1 unspecified atom stereocenters. The van der Waals surface area contributed by atoms with Gasteiger partial charge >= 0.3 is 5.97 Å². The first-order chi connectivity index (χ1) is 10.2. The lowest BCUT2D eigenvalue weighted by Crippen LogP contribution is -2.30. The minimum Gasteiger partial charge on any atom is -0.481 e. The molecule has 1 aliphatic heterocycles. The number of hydrogen-bond acceptors (Lipinski definition) is 5. The van der Waals surface area contributed by atoms with Crippen molar-refractivity contribution in [3.8, 4) is 5.69 Å². The quantitative estimate of drug-likeness (QED) is 0.866. The van der Waals surface area contributed by atoms with Gasteiger partial charge < -0.3 is 10.0 Å². The van der Waals surface area contributed by atoms with E-state index in [-0.39, 0.29) is 12.5 Å². The molecule has 8 heteroatoms. The van der Waals surface area contributed by atoms with Crippen molar-refractivity contribution >= 4 is 11.9 Å². The number of nitrogens with zero attached hydrogens (tertiary/aromatic N) is 5. The minimum absolute atomic E-state index is 0.204. The first kappa shape index (κ1) is 13.2. The summed E-state index contributed by atoms with van der Waals surface area (Å²) in [6, 6.07) is 6.98.